The predicted molar refractivity (Wildman–Crippen MR) is 60.6 cm³/mol. The number of aliphatic hydroxyl groups excluding tert-OH is 1. The smallest absolute Gasteiger partial charge is 0.0755 e. The monoisotopic (exact) mass is 198 g/mol. The van der Waals surface area contributed by atoms with Crippen molar-refractivity contribution < 1.29 is 5.11 Å². The molecular formula is C11H22OSi. The van der Waals surface area contributed by atoms with E-state index in [1.165, 1.54) is 5.57 Å². The first kappa shape index (κ1) is 11.0. The van der Waals surface area contributed by atoms with Gasteiger partial charge in [-0.2, -0.15) is 0 Å². The van der Waals surface area contributed by atoms with Gasteiger partial charge < -0.3 is 5.11 Å². The summed E-state index contributed by atoms with van der Waals surface area (Å²) >= 11 is 0. The lowest BCUT2D eigenvalue weighted by Crippen LogP contribution is -2.22. The van der Waals surface area contributed by atoms with E-state index in [-0.39, 0.29) is 11.5 Å². The third kappa shape index (κ3) is 3.28. The van der Waals surface area contributed by atoms with Crippen LogP contribution < -0.4 is 0 Å². The van der Waals surface area contributed by atoms with Crippen LogP contribution in [0.5, 0.6) is 0 Å². The van der Waals surface area contributed by atoms with E-state index in [2.05, 4.69) is 39.6 Å². The van der Waals surface area contributed by atoms with Crippen molar-refractivity contribution in [1.82, 2.24) is 0 Å². The number of rotatable bonds is 2. The molecule has 0 aromatic carbocycles. The molecule has 0 aliphatic heterocycles. The SMILES string of the molecule is CC1(C)C=C(C[Si](C)(C)C)C(O)C1. The first-order valence-electron chi connectivity index (χ1n) is 5.09. The van der Waals surface area contributed by atoms with Crippen LogP contribution in [0.2, 0.25) is 25.7 Å². The van der Waals surface area contributed by atoms with Crippen molar-refractivity contribution in [3.63, 3.8) is 0 Å². The lowest BCUT2D eigenvalue weighted by Gasteiger charge is -2.18. The van der Waals surface area contributed by atoms with Crippen molar-refractivity contribution in [3.8, 4) is 0 Å². The van der Waals surface area contributed by atoms with Gasteiger partial charge in [0.15, 0.2) is 0 Å². The molecular weight excluding hydrogens is 176 g/mol. The van der Waals surface area contributed by atoms with Gasteiger partial charge in [-0.1, -0.05) is 39.6 Å². The molecule has 0 saturated carbocycles. The van der Waals surface area contributed by atoms with E-state index in [1.807, 2.05) is 0 Å². The zero-order chi connectivity index (χ0) is 10.3. The van der Waals surface area contributed by atoms with E-state index in [4.69, 9.17) is 0 Å². The Balaban J connectivity index is 2.71. The van der Waals surface area contributed by atoms with E-state index < -0.39 is 8.07 Å². The average molecular weight is 198 g/mol. The Morgan fingerprint density at radius 1 is 1.46 bits per heavy atom. The second-order valence-electron chi connectivity index (χ2n) is 6.17. The molecule has 0 spiro atoms. The molecule has 13 heavy (non-hydrogen) atoms. The van der Waals surface area contributed by atoms with Gasteiger partial charge in [-0.05, 0) is 23.5 Å². The average Bonchev–Trinajstić information content (AvgIpc) is 2.00. The van der Waals surface area contributed by atoms with E-state index in [0.717, 1.165) is 12.5 Å². The molecule has 0 heterocycles. The van der Waals surface area contributed by atoms with Crippen LogP contribution >= 0.6 is 0 Å². The van der Waals surface area contributed by atoms with Crippen molar-refractivity contribution in [2.45, 2.75) is 52.1 Å². The zero-order valence-corrected chi connectivity index (χ0v) is 10.5. The molecule has 1 aliphatic rings. The minimum absolute atomic E-state index is 0.165. The van der Waals surface area contributed by atoms with Gasteiger partial charge in [0.1, 0.15) is 0 Å². The summed E-state index contributed by atoms with van der Waals surface area (Å²) in [7, 11) is -1.05. The quantitative estimate of drug-likeness (QED) is 0.534. The molecule has 0 amide bonds. The van der Waals surface area contributed by atoms with Gasteiger partial charge in [-0.15, -0.1) is 0 Å². The lowest BCUT2D eigenvalue weighted by molar-refractivity contribution is 0.183. The minimum Gasteiger partial charge on any atom is -0.389 e. The van der Waals surface area contributed by atoms with Crippen LogP contribution in [0.1, 0.15) is 20.3 Å². The van der Waals surface area contributed by atoms with Crippen molar-refractivity contribution in [3.05, 3.63) is 11.6 Å². The van der Waals surface area contributed by atoms with Gasteiger partial charge in [-0.25, -0.2) is 0 Å². The first-order chi connectivity index (χ1) is 5.70. The maximum Gasteiger partial charge on any atom is 0.0755 e. The molecule has 76 valence electrons. The summed E-state index contributed by atoms with van der Waals surface area (Å²) in [5.41, 5.74) is 1.51. The molecule has 1 nitrogen and oxygen atoms in total. The molecule has 1 atom stereocenters. The number of aliphatic hydroxyl groups is 1. The van der Waals surface area contributed by atoms with Gasteiger partial charge in [0.2, 0.25) is 0 Å². The van der Waals surface area contributed by atoms with E-state index in [9.17, 15) is 5.11 Å². The highest BCUT2D eigenvalue weighted by Gasteiger charge is 2.32. The summed E-state index contributed by atoms with van der Waals surface area (Å²) < 4.78 is 0. The van der Waals surface area contributed by atoms with Crippen LogP contribution in [0.15, 0.2) is 11.6 Å². The van der Waals surface area contributed by atoms with Gasteiger partial charge in [0, 0.05) is 8.07 Å². The van der Waals surface area contributed by atoms with E-state index >= 15 is 0 Å². The fraction of sp³-hybridized carbons (Fsp3) is 0.818. The zero-order valence-electron chi connectivity index (χ0n) is 9.52. The Kier molecular flexibility index (Phi) is 2.75. The summed E-state index contributed by atoms with van der Waals surface area (Å²) in [5, 5.41) is 9.84. The molecule has 0 radical (unpaired) electrons. The topological polar surface area (TPSA) is 20.2 Å². The summed E-state index contributed by atoms with van der Waals surface area (Å²) in [6.07, 6.45) is 3.03. The highest BCUT2D eigenvalue weighted by molar-refractivity contribution is 6.76. The Hall–Kier alpha value is -0.0831. The largest absolute Gasteiger partial charge is 0.389 e. The van der Waals surface area contributed by atoms with Crippen molar-refractivity contribution in [1.29, 1.82) is 0 Å². The van der Waals surface area contributed by atoms with Crippen LogP contribution in [0.3, 0.4) is 0 Å². The van der Waals surface area contributed by atoms with Crippen LogP contribution in [0.4, 0.5) is 0 Å². The number of hydrogen-bond acceptors (Lipinski definition) is 1. The molecule has 1 rings (SSSR count). The molecule has 0 fully saturated rings. The Bertz CT molecular complexity index is 223. The van der Waals surface area contributed by atoms with Gasteiger partial charge in [0.25, 0.3) is 0 Å². The summed E-state index contributed by atoms with van der Waals surface area (Å²) in [6.45, 7) is 11.5. The van der Waals surface area contributed by atoms with E-state index in [0.29, 0.717) is 0 Å². The normalized spacial score (nSPS) is 27.5. The molecule has 2 heteroatoms. The number of allylic oxidation sites excluding steroid dienone is 1. The third-order valence-electron chi connectivity index (χ3n) is 2.46. The molecule has 1 aliphatic carbocycles. The first-order valence-corrected chi connectivity index (χ1v) is 8.80. The fourth-order valence-electron chi connectivity index (χ4n) is 2.07. The van der Waals surface area contributed by atoms with Crippen molar-refractivity contribution in [2.75, 3.05) is 0 Å². The van der Waals surface area contributed by atoms with Crippen LogP contribution in [-0.2, 0) is 0 Å². The maximum atomic E-state index is 9.84. The minimum atomic E-state index is -1.05. The standard InChI is InChI=1S/C11H22OSi/c1-11(2)6-9(10(12)7-11)8-13(3,4)5/h6,10,12H,7-8H2,1-5H3. The van der Waals surface area contributed by atoms with Crippen LogP contribution in [-0.4, -0.2) is 19.3 Å². The molecule has 0 saturated heterocycles. The second-order valence-corrected chi connectivity index (χ2v) is 11.6. The van der Waals surface area contributed by atoms with Crippen LogP contribution in [0.25, 0.3) is 0 Å². The van der Waals surface area contributed by atoms with Gasteiger partial charge in [0.05, 0.1) is 6.10 Å². The Morgan fingerprint density at radius 3 is 2.31 bits per heavy atom. The van der Waals surface area contributed by atoms with Crippen LogP contribution in [0, 0.1) is 5.41 Å². The van der Waals surface area contributed by atoms with E-state index in [1.54, 1.807) is 0 Å². The summed E-state index contributed by atoms with van der Waals surface area (Å²) in [6, 6.07) is 1.15. The summed E-state index contributed by atoms with van der Waals surface area (Å²) in [4.78, 5) is 0. The molecule has 0 bridgehead atoms. The maximum absolute atomic E-state index is 9.84. The lowest BCUT2D eigenvalue weighted by atomic mass is 9.93. The Morgan fingerprint density at radius 2 is 2.00 bits per heavy atom. The van der Waals surface area contributed by atoms with Gasteiger partial charge >= 0.3 is 0 Å². The summed E-state index contributed by atoms with van der Waals surface area (Å²) in [5.74, 6) is 0. The van der Waals surface area contributed by atoms with Gasteiger partial charge in [-0.3, -0.25) is 0 Å². The van der Waals surface area contributed by atoms with Crippen molar-refractivity contribution >= 4 is 8.07 Å². The molecule has 1 unspecified atom stereocenters. The molecule has 1 N–H and O–H groups in total. The number of hydrogen-bond donors (Lipinski definition) is 1. The predicted octanol–water partition coefficient (Wildman–Crippen LogP) is 3.04. The fourth-order valence-corrected chi connectivity index (χ4v) is 3.63. The highest BCUT2D eigenvalue weighted by Crippen LogP contribution is 2.38. The Labute approximate surface area is 82.9 Å². The van der Waals surface area contributed by atoms with Crippen molar-refractivity contribution in [2.24, 2.45) is 5.41 Å². The second kappa shape index (κ2) is 3.25. The third-order valence-corrected chi connectivity index (χ3v) is 3.93. The highest BCUT2D eigenvalue weighted by atomic mass is 28.3. The molecule has 0 aromatic rings. The molecule has 0 aromatic heterocycles.